The van der Waals surface area contributed by atoms with E-state index in [2.05, 4.69) is 35.3 Å². The number of H-pyrrole nitrogens is 1. The average molecular weight is 232 g/mol. The van der Waals surface area contributed by atoms with E-state index in [1.807, 2.05) is 30.5 Å². The summed E-state index contributed by atoms with van der Waals surface area (Å²) >= 11 is 0. The van der Waals surface area contributed by atoms with Gasteiger partial charge in [0.05, 0.1) is 18.0 Å². The van der Waals surface area contributed by atoms with E-state index in [4.69, 9.17) is 5.26 Å². The number of aromatic nitrogens is 1. The number of fused-ring (bicyclic) bond motifs is 1. The van der Waals surface area contributed by atoms with Gasteiger partial charge in [-0.25, -0.2) is 0 Å². The van der Waals surface area contributed by atoms with Crippen molar-refractivity contribution in [3.63, 3.8) is 0 Å². The first-order chi connectivity index (χ1) is 8.90. The second kappa shape index (κ2) is 4.38. The summed E-state index contributed by atoms with van der Waals surface area (Å²) in [5.74, 6) is 0. The Kier molecular flexibility index (Phi) is 2.59. The Morgan fingerprint density at radius 3 is 2.61 bits per heavy atom. The van der Waals surface area contributed by atoms with E-state index in [1.165, 1.54) is 11.1 Å². The van der Waals surface area contributed by atoms with E-state index in [-0.39, 0.29) is 0 Å². The summed E-state index contributed by atoms with van der Waals surface area (Å²) in [6.45, 7) is 0. The van der Waals surface area contributed by atoms with Crippen molar-refractivity contribution in [2.45, 2.75) is 6.42 Å². The van der Waals surface area contributed by atoms with Crippen molar-refractivity contribution in [2.75, 3.05) is 0 Å². The number of hydrogen-bond donors (Lipinski definition) is 1. The van der Waals surface area contributed by atoms with E-state index in [1.54, 1.807) is 0 Å². The molecule has 18 heavy (non-hydrogen) atoms. The van der Waals surface area contributed by atoms with Crippen LogP contribution in [0.4, 0.5) is 0 Å². The summed E-state index contributed by atoms with van der Waals surface area (Å²) in [7, 11) is 0. The molecule has 0 saturated carbocycles. The molecule has 0 radical (unpaired) electrons. The number of aromatic amines is 1. The fourth-order valence-electron chi connectivity index (χ4n) is 2.30. The molecule has 0 amide bonds. The maximum atomic E-state index is 8.82. The smallest absolute Gasteiger partial charge is 0.0670 e. The predicted octanol–water partition coefficient (Wildman–Crippen LogP) is 3.90. The zero-order chi connectivity index (χ0) is 12.4. The SMILES string of the molecule is N#CCc1c[nH]c2c(-c3ccccc3)cccc12. The van der Waals surface area contributed by atoms with Gasteiger partial charge in [0.25, 0.3) is 0 Å². The molecular formula is C16H12N2. The molecule has 0 bridgehead atoms. The fourth-order valence-corrected chi connectivity index (χ4v) is 2.30. The number of rotatable bonds is 2. The van der Waals surface area contributed by atoms with Gasteiger partial charge in [0.1, 0.15) is 0 Å². The van der Waals surface area contributed by atoms with Crippen LogP contribution < -0.4 is 0 Å². The highest BCUT2D eigenvalue weighted by Crippen LogP contribution is 2.29. The van der Waals surface area contributed by atoms with Crippen molar-refractivity contribution >= 4 is 10.9 Å². The van der Waals surface area contributed by atoms with Gasteiger partial charge in [-0.15, -0.1) is 0 Å². The number of hydrogen-bond acceptors (Lipinski definition) is 1. The lowest BCUT2D eigenvalue weighted by atomic mass is 10.0. The molecule has 3 aromatic rings. The van der Waals surface area contributed by atoms with Gasteiger partial charge in [-0.2, -0.15) is 5.26 Å². The largest absolute Gasteiger partial charge is 0.360 e. The summed E-state index contributed by atoms with van der Waals surface area (Å²) in [5, 5.41) is 9.96. The maximum Gasteiger partial charge on any atom is 0.0670 e. The van der Waals surface area contributed by atoms with Gasteiger partial charge >= 0.3 is 0 Å². The molecule has 86 valence electrons. The highest BCUT2D eigenvalue weighted by Gasteiger charge is 2.08. The van der Waals surface area contributed by atoms with Gasteiger partial charge in [-0.1, -0.05) is 48.5 Å². The van der Waals surface area contributed by atoms with Crippen LogP contribution in [-0.2, 0) is 6.42 Å². The highest BCUT2D eigenvalue weighted by molar-refractivity contribution is 5.96. The summed E-state index contributed by atoms with van der Waals surface area (Å²) < 4.78 is 0. The Balaban J connectivity index is 2.23. The number of nitrogens with one attached hydrogen (secondary N) is 1. The van der Waals surface area contributed by atoms with Crippen LogP contribution in [0.5, 0.6) is 0 Å². The number of para-hydroxylation sites is 1. The Bertz CT molecular complexity index is 718. The van der Waals surface area contributed by atoms with Crippen LogP contribution in [0.25, 0.3) is 22.0 Å². The van der Waals surface area contributed by atoms with Crippen molar-refractivity contribution in [3.05, 3.63) is 60.3 Å². The predicted molar refractivity (Wildman–Crippen MR) is 73.1 cm³/mol. The van der Waals surface area contributed by atoms with Crippen LogP contribution in [0.15, 0.2) is 54.7 Å². The van der Waals surface area contributed by atoms with Crippen molar-refractivity contribution in [3.8, 4) is 17.2 Å². The van der Waals surface area contributed by atoms with Crippen molar-refractivity contribution in [2.24, 2.45) is 0 Å². The molecule has 1 heterocycles. The molecular weight excluding hydrogens is 220 g/mol. The van der Waals surface area contributed by atoms with Crippen molar-refractivity contribution in [1.82, 2.24) is 4.98 Å². The Labute approximate surface area is 106 Å². The van der Waals surface area contributed by atoms with Gasteiger partial charge in [-0.3, -0.25) is 0 Å². The Hall–Kier alpha value is -2.53. The van der Waals surface area contributed by atoms with Crippen LogP contribution in [0.2, 0.25) is 0 Å². The second-order valence-corrected chi connectivity index (χ2v) is 4.24. The molecule has 0 fully saturated rings. The van der Waals surface area contributed by atoms with E-state index in [9.17, 15) is 0 Å². The summed E-state index contributed by atoms with van der Waals surface area (Å²) in [5.41, 5.74) is 4.53. The third-order valence-corrected chi connectivity index (χ3v) is 3.16. The van der Waals surface area contributed by atoms with E-state index >= 15 is 0 Å². The minimum Gasteiger partial charge on any atom is -0.360 e. The Morgan fingerprint density at radius 1 is 1.00 bits per heavy atom. The first-order valence-electron chi connectivity index (χ1n) is 5.91. The van der Waals surface area contributed by atoms with Crippen LogP contribution in [-0.4, -0.2) is 4.98 Å². The molecule has 0 unspecified atom stereocenters. The van der Waals surface area contributed by atoms with Gasteiger partial charge < -0.3 is 4.98 Å². The Morgan fingerprint density at radius 2 is 1.83 bits per heavy atom. The standard InChI is InChI=1S/C16H12N2/c17-10-9-13-11-18-16-14(7-4-8-15(13)16)12-5-2-1-3-6-12/h1-8,11,18H,9H2. The normalized spacial score (nSPS) is 10.4. The summed E-state index contributed by atoms with van der Waals surface area (Å²) in [4.78, 5) is 3.29. The molecule has 2 aromatic carbocycles. The summed E-state index contributed by atoms with van der Waals surface area (Å²) in [6.07, 6.45) is 2.37. The number of nitriles is 1. The molecule has 3 rings (SSSR count). The minimum atomic E-state index is 0.443. The molecule has 0 aliphatic carbocycles. The van der Waals surface area contributed by atoms with Crippen LogP contribution >= 0.6 is 0 Å². The van der Waals surface area contributed by atoms with Gasteiger partial charge in [0.2, 0.25) is 0 Å². The molecule has 0 spiro atoms. The quantitative estimate of drug-likeness (QED) is 0.715. The first kappa shape index (κ1) is 10.6. The van der Waals surface area contributed by atoms with E-state index < -0.39 is 0 Å². The minimum absolute atomic E-state index is 0.443. The first-order valence-corrected chi connectivity index (χ1v) is 5.91. The third-order valence-electron chi connectivity index (χ3n) is 3.16. The zero-order valence-corrected chi connectivity index (χ0v) is 9.85. The topological polar surface area (TPSA) is 39.6 Å². The molecule has 0 aliphatic rings. The molecule has 2 nitrogen and oxygen atoms in total. The molecule has 0 aliphatic heterocycles. The van der Waals surface area contributed by atoms with E-state index in [0.29, 0.717) is 6.42 Å². The average Bonchev–Trinajstić information content (AvgIpc) is 2.84. The molecule has 0 atom stereocenters. The lowest BCUT2D eigenvalue weighted by Crippen LogP contribution is -1.81. The van der Waals surface area contributed by atoms with Gasteiger partial charge in [0.15, 0.2) is 0 Å². The molecule has 2 heteroatoms. The highest BCUT2D eigenvalue weighted by atomic mass is 14.7. The monoisotopic (exact) mass is 232 g/mol. The molecule has 1 N–H and O–H groups in total. The zero-order valence-electron chi connectivity index (χ0n) is 9.85. The van der Waals surface area contributed by atoms with Crippen molar-refractivity contribution < 1.29 is 0 Å². The third kappa shape index (κ3) is 1.66. The number of benzene rings is 2. The van der Waals surface area contributed by atoms with Gasteiger partial charge in [-0.05, 0) is 11.1 Å². The van der Waals surface area contributed by atoms with Gasteiger partial charge in [0, 0.05) is 17.1 Å². The van der Waals surface area contributed by atoms with Crippen LogP contribution in [0.3, 0.4) is 0 Å². The lowest BCUT2D eigenvalue weighted by Gasteiger charge is -2.03. The molecule has 1 aromatic heterocycles. The van der Waals surface area contributed by atoms with Crippen LogP contribution in [0, 0.1) is 11.3 Å². The van der Waals surface area contributed by atoms with E-state index in [0.717, 1.165) is 16.5 Å². The summed E-state index contributed by atoms with van der Waals surface area (Å²) in [6, 6.07) is 18.7. The van der Waals surface area contributed by atoms with Crippen molar-refractivity contribution in [1.29, 1.82) is 5.26 Å². The molecule has 0 saturated heterocycles. The second-order valence-electron chi connectivity index (χ2n) is 4.24. The fraction of sp³-hybridized carbons (Fsp3) is 0.0625. The maximum absolute atomic E-state index is 8.82. The lowest BCUT2D eigenvalue weighted by molar-refractivity contribution is 1.28. The van der Waals surface area contributed by atoms with Crippen LogP contribution in [0.1, 0.15) is 5.56 Å². The number of nitrogens with zero attached hydrogens (tertiary/aromatic N) is 1.